The number of aromatic nitrogens is 1. The molecule has 2 heterocycles. The van der Waals surface area contributed by atoms with Gasteiger partial charge in [0.2, 0.25) is 5.91 Å². The number of amides is 1. The average molecular weight is 420 g/mol. The van der Waals surface area contributed by atoms with Crippen molar-refractivity contribution < 1.29 is 9.18 Å². The first-order chi connectivity index (χ1) is 15.0. The number of halogens is 1. The molecule has 2 aromatic carbocycles. The quantitative estimate of drug-likeness (QED) is 0.340. The van der Waals surface area contributed by atoms with Gasteiger partial charge in [-0.25, -0.2) is 4.39 Å². The number of carbonyl (C=O) groups excluding carboxylic acids is 1. The SMILES string of the molecule is Cc1cc2[nH]c(=O)c(C(C=Nc3ccc(N4CCNCC4=O)cc3)=NN)cc2cc1F. The molecule has 0 radical (unpaired) electrons. The van der Waals surface area contributed by atoms with E-state index in [-0.39, 0.29) is 23.0 Å². The van der Waals surface area contributed by atoms with Crippen LogP contribution in [-0.2, 0) is 4.79 Å². The Morgan fingerprint density at radius 2 is 1.97 bits per heavy atom. The Bertz CT molecular complexity index is 1260. The van der Waals surface area contributed by atoms with Crippen molar-refractivity contribution in [1.29, 1.82) is 0 Å². The number of benzene rings is 2. The highest BCUT2D eigenvalue weighted by atomic mass is 19.1. The molecule has 1 saturated heterocycles. The molecule has 8 nitrogen and oxygen atoms in total. The van der Waals surface area contributed by atoms with Crippen LogP contribution >= 0.6 is 0 Å². The second-order valence-electron chi connectivity index (χ2n) is 7.21. The van der Waals surface area contributed by atoms with Gasteiger partial charge in [-0.2, -0.15) is 5.10 Å². The van der Waals surface area contributed by atoms with Gasteiger partial charge in [0, 0.05) is 29.7 Å². The summed E-state index contributed by atoms with van der Waals surface area (Å²) in [6.07, 6.45) is 1.38. The number of hydrogen-bond acceptors (Lipinski definition) is 6. The zero-order valence-electron chi connectivity index (χ0n) is 16.9. The van der Waals surface area contributed by atoms with Crippen LogP contribution in [0.3, 0.4) is 0 Å². The van der Waals surface area contributed by atoms with Crippen molar-refractivity contribution in [3.05, 3.63) is 69.8 Å². The Balaban J connectivity index is 1.59. The van der Waals surface area contributed by atoms with E-state index >= 15 is 0 Å². The van der Waals surface area contributed by atoms with E-state index < -0.39 is 5.56 Å². The van der Waals surface area contributed by atoms with Gasteiger partial charge in [-0.05, 0) is 55.0 Å². The fraction of sp³-hybridized carbons (Fsp3) is 0.182. The number of hydrogen-bond donors (Lipinski definition) is 3. The molecule has 0 bridgehead atoms. The molecule has 1 aromatic heterocycles. The summed E-state index contributed by atoms with van der Waals surface area (Å²) >= 11 is 0. The molecular weight excluding hydrogens is 399 g/mol. The third-order valence-corrected chi connectivity index (χ3v) is 5.13. The smallest absolute Gasteiger partial charge is 0.258 e. The minimum Gasteiger partial charge on any atom is -0.323 e. The van der Waals surface area contributed by atoms with E-state index in [9.17, 15) is 14.0 Å². The minimum absolute atomic E-state index is 0.0159. The van der Waals surface area contributed by atoms with Crippen LogP contribution in [0.25, 0.3) is 10.9 Å². The fourth-order valence-electron chi connectivity index (χ4n) is 3.43. The molecule has 3 aromatic rings. The molecule has 1 aliphatic heterocycles. The first-order valence-electron chi connectivity index (χ1n) is 9.73. The van der Waals surface area contributed by atoms with Gasteiger partial charge in [0.15, 0.2) is 0 Å². The molecule has 0 saturated carbocycles. The third kappa shape index (κ3) is 4.22. The number of H-pyrrole nitrogens is 1. The summed E-state index contributed by atoms with van der Waals surface area (Å²) in [6, 6.07) is 11.6. The first-order valence-corrected chi connectivity index (χ1v) is 9.73. The number of carbonyl (C=O) groups is 1. The predicted molar refractivity (Wildman–Crippen MR) is 120 cm³/mol. The molecule has 0 aliphatic carbocycles. The maximum Gasteiger partial charge on any atom is 0.258 e. The lowest BCUT2D eigenvalue weighted by Gasteiger charge is -2.27. The zero-order valence-corrected chi connectivity index (χ0v) is 16.9. The molecule has 1 fully saturated rings. The van der Waals surface area contributed by atoms with Crippen LogP contribution < -0.4 is 21.6 Å². The number of anilines is 1. The standard InChI is InChI=1S/C22H21FN6O2/c1-13-8-19-14(10-18(13)23)9-17(22(31)27-19)20(28-24)11-26-15-2-4-16(5-3-15)29-7-6-25-12-21(29)30/h2-5,8-11,25H,6-7,12,24H2,1H3,(H,27,31). The number of aryl methyl sites for hydroxylation is 1. The van der Waals surface area contributed by atoms with Crippen molar-refractivity contribution >= 4 is 40.1 Å². The summed E-state index contributed by atoms with van der Waals surface area (Å²) in [4.78, 5) is 33.3. The molecule has 9 heteroatoms. The molecule has 4 N–H and O–H groups in total. The van der Waals surface area contributed by atoms with Crippen molar-refractivity contribution in [2.24, 2.45) is 15.9 Å². The highest BCUT2D eigenvalue weighted by molar-refractivity contribution is 6.38. The van der Waals surface area contributed by atoms with E-state index in [0.29, 0.717) is 35.2 Å². The molecule has 0 atom stereocenters. The molecule has 0 unspecified atom stereocenters. The lowest BCUT2D eigenvalue weighted by atomic mass is 10.1. The minimum atomic E-state index is -0.401. The number of piperazine rings is 1. The van der Waals surface area contributed by atoms with Crippen molar-refractivity contribution in [3.8, 4) is 0 Å². The number of pyridine rings is 1. The first kappa shape index (κ1) is 20.4. The molecule has 4 rings (SSSR count). The van der Waals surface area contributed by atoms with Gasteiger partial charge in [0.25, 0.3) is 5.56 Å². The number of nitrogens with zero attached hydrogens (tertiary/aromatic N) is 3. The molecule has 0 spiro atoms. The van der Waals surface area contributed by atoms with Crippen LogP contribution in [0.15, 0.2) is 57.4 Å². The molecule has 158 valence electrons. The predicted octanol–water partition coefficient (Wildman–Crippen LogP) is 1.98. The number of aliphatic imine (C=N–C) groups is 1. The van der Waals surface area contributed by atoms with Crippen LogP contribution in [0, 0.1) is 12.7 Å². The largest absolute Gasteiger partial charge is 0.323 e. The molecule has 1 aliphatic rings. The van der Waals surface area contributed by atoms with Gasteiger partial charge in [-0.15, -0.1) is 0 Å². The van der Waals surface area contributed by atoms with Crippen LogP contribution in [0.1, 0.15) is 11.1 Å². The summed E-state index contributed by atoms with van der Waals surface area (Å²) < 4.78 is 13.9. The van der Waals surface area contributed by atoms with E-state index in [0.717, 1.165) is 12.2 Å². The van der Waals surface area contributed by atoms with Crippen molar-refractivity contribution in [2.75, 3.05) is 24.5 Å². The van der Waals surface area contributed by atoms with Crippen molar-refractivity contribution in [3.63, 3.8) is 0 Å². The van der Waals surface area contributed by atoms with Crippen molar-refractivity contribution in [2.45, 2.75) is 6.92 Å². The Morgan fingerprint density at radius 1 is 1.19 bits per heavy atom. The summed E-state index contributed by atoms with van der Waals surface area (Å²) in [5, 5.41) is 7.23. The van der Waals surface area contributed by atoms with E-state index in [2.05, 4.69) is 20.4 Å². The maximum absolute atomic E-state index is 13.9. The van der Waals surface area contributed by atoms with Gasteiger partial charge >= 0.3 is 0 Å². The second kappa shape index (κ2) is 8.49. The van der Waals surface area contributed by atoms with Crippen LogP contribution in [0.5, 0.6) is 0 Å². The van der Waals surface area contributed by atoms with Crippen molar-refractivity contribution in [1.82, 2.24) is 10.3 Å². The summed E-state index contributed by atoms with van der Waals surface area (Å²) in [7, 11) is 0. The van der Waals surface area contributed by atoms with Crippen LogP contribution in [0.2, 0.25) is 0 Å². The third-order valence-electron chi connectivity index (χ3n) is 5.13. The molecular formula is C22H21FN6O2. The van der Waals surface area contributed by atoms with E-state index in [1.54, 1.807) is 30.0 Å². The summed E-state index contributed by atoms with van der Waals surface area (Å²) in [5.74, 6) is 5.14. The van der Waals surface area contributed by atoms with E-state index in [1.165, 1.54) is 18.3 Å². The monoisotopic (exact) mass is 420 g/mol. The van der Waals surface area contributed by atoms with Gasteiger partial charge in [-0.3, -0.25) is 14.6 Å². The van der Waals surface area contributed by atoms with Gasteiger partial charge < -0.3 is 21.0 Å². The fourth-order valence-corrected chi connectivity index (χ4v) is 3.43. The zero-order chi connectivity index (χ0) is 22.0. The maximum atomic E-state index is 13.9. The van der Waals surface area contributed by atoms with Crippen LogP contribution in [0.4, 0.5) is 15.8 Å². The number of fused-ring (bicyclic) bond motifs is 1. The number of rotatable bonds is 4. The normalized spacial score (nSPS) is 15.2. The number of nitrogens with two attached hydrogens (primary N) is 1. The Labute approximate surface area is 177 Å². The lowest BCUT2D eigenvalue weighted by Crippen LogP contribution is -2.48. The van der Waals surface area contributed by atoms with E-state index in [1.807, 2.05) is 12.1 Å². The number of hydrazone groups is 1. The number of nitrogens with one attached hydrogen (secondary N) is 2. The topological polar surface area (TPSA) is 116 Å². The van der Waals surface area contributed by atoms with Crippen LogP contribution in [-0.4, -0.2) is 42.5 Å². The highest BCUT2D eigenvalue weighted by Gasteiger charge is 2.18. The Kier molecular flexibility index (Phi) is 5.59. The van der Waals surface area contributed by atoms with E-state index in [4.69, 9.17) is 5.84 Å². The molecule has 1 amide bonds. The van der Waals surface area contributed by atoms with Gasteiger partial charge in [0.1, 0.15) is 11.5 Å². The average Bonchev–Trinajstić information content (AvgIpc) is 2.76. The Morgan fingerprint density at radius 3 is 2.68 bits per heavy atom. The number of aromatic amines is 1. The van der Waals surface area contributed by atoms with Gasteiger partial charge in [-0.1, -0.05) is 0 Å². The summed E-state index contributed by atoms with van der Waals surface area (Å²) in [6.45, 7) is 3.30. The lowest BCUT2D eigenvalue weighted by molar-refractivity contribution is -0.118. The van der Waals surface area contributed by atoms with Gasteiger partial charge in [0.05, 0.1) is 24.0 Å². The molecule has 31 heavy (non-hydrogen) atoms. The Hall–Kier alpha value is -3.85. The second-order valence-corrected chi connectivity index (χ2v) is 7.21. The highest BCUT2D eigenvalue weighted by Crippen LogP contribution is 2.21. The summed E-state index contributed by atoms with van der Waals surface area (Å²) in [5.41, 5.74) is 2.31.